The minimum Gasteiger partial charge on any atom is -0.466 e. The first-order valence-electron chi connectivity index (χ1n) is 3.45. The minimum absolute atomic E-state index is 0.211. The second-order valence-electron chi connectivity index (χ2n) is 1.79. The number of carbonyl (C=O) groups excluding carboxylic acids is 1. The SMILES string of the molecule is CCOC(C)=O.Nc1nccs1. The van der Waals surface area contributed by atoms with Gasteiger partial charge >= 0.3 is 5.97 Å². The van der Waals surface area contributed by atoms with Gasteiger partial charge in [0.15, 0.2) is 5.13 Å². The first kappa shape index (κ1) is 10.9. The summed E-state index contributed by atoms with van der Waals surface area (Å²) in [6, 6.07) is 0. The summed E-state index contributed by atoms with van der Waals surface area (Å²) in [4.78, 5) is 13.5. The fourth-order valence-corrected chi connectivity index (χ4v) is 0.821. The molecule has 5 heteroatoms. The number of hydrogen-bond acceptors (Lipinski definition) is 5. The molecule has 1 heterocycles. The van der Waals surface area contributed by atoms with Crippen molar-refractivity contribution in [2.24, 2.45) is 0 Å². The van der Waals surface area contributed by atoms with Gasteiger partial charge in [-0.1, -0.05) is 0 Å². The Kier molecular flexibility index (Phi) is 6.00. The molecule has 0 saturated heterocycles. The smallest absolute Gasteiger partial charge is 0.302 e. The first-order chi connectivity index (χ1) is 5.66. The van der Waals surface area contributed by atoms with Crippen molar-refractivity contribution >= 4 is 22.4 Å². The van der Waals surface area contributed by atoms with Gasteiger partial charge in [0.25, 0.3) is 0 Å². The van der Waals surface area contributed by atoms with E-state index in [2.05, 4.69) is 9.72 Å². The van der Waals surface area contributed by atoms with Crippen LogP contribution in [0.15, 0.2) is 11.6 Å². The van der Waals surface area contributed by atoms with Crippen LogP contribution in [0.25, 0.3) is 0 Å². The van der Waals surface area contributed by atoms with Crippen molar-refractivity contribution in [3.8, 4) is 0 Å². The third kappa shape index (κ3) is 7.01. The molecule has 0 atom stereocenters. The summed E-state index contributed by atoms with van der Waals surface area (Å²) in [6.07, 6.45) is 1.68. The Hall–Kier alpha value is -1.10. The van der Waals surface area contributed by atoms with Crippen molar-refractivity contribution in [2.75, 3.05) is 12.3 Å². The van der Waals surface area contributed by atoms with Crippen LogP contribution in [0, 0.1) is 0 Å². The maximum atomic E-state index is 9.82. The molecule has 0 aliphatic rings. The summed E-state index contributed by atoms with van der Waals surface area (Å²) >= 11 is 1.44. The number of esters is 1. The van der Waals surface area contributed by atoms with Crippen LogP contribution in [0.4, 0.5) is 5.13 Å². The molecule has 2 N–H and O–H groups in total. The van der Waals surface area contributed by atoms with Crippen LogP contribution in [-0.4, -0.2) is 17.6 Å². The molecule has 4 nitrogen and oxygen atoms in total. The van der Waals surface area contributed by atoms with Crippen molar-refractivity contribution in [3.63, 3.8) is 0 Å². The number of nitrogens with zero attached hydrogens (tertiary/aromatic N) is 1. The molecule has 1 aromatic rings. The quantitative estimate of drug-likeness (QED) is 0.674. The molecule has 0 unspecified atom stereocenters. The molecule has 12 heavy (non-hydrogen) atoms. The number of anilines is 1. The van der Waals surface area contributed by atoms with Crippen LogP contribution in [-0.2, 0) is 9.53 Å². The lowest BCUT2D eigenvalue weighted by Crippen LogP contribution is -1.95. The molecule has 0 spiro atoms. The zero-order chi connectivity index (χ0) is 9.40. The van der Waals surface area contributed by atoms with Crippen molar-refractivity contribution < 1.29 is 9.53 Å². The molecule has 68 valence electrons. The summed E-state index contributed by atoms with van der Waals surface area (Å²) in [5, 5.41) is 2.48. The molecule has 0 saturated carbocycles. The molecule has 0 fully saturated rings. The predicted octanol–water partition coefficient (Wildman–Crippen LogP) is 1.29. The van der Waals surface area contributed by atoms with Crippen molar-refractivity contribution in [2.45, 2.75) is 13.8 Å². The second-order valence-corrected chi connectivity index (χ2v) is 2.72. The summed E-state index contributed by atoms with van der Waals surface area (Å²) in [5.41, 5.74) is 5.19. The number of rotatable bonds is 1. The Morgan fingerprint density at radius 1 is 1.83 bits per heavy atom. The van der Waals surface area contributed by atoms with Crippen LogP contribution in [0.2, 0.25) is 0 Å². The van der Waals surface area contributed by atoms with E-state index in [4.69, 9.17) is 5.73 Å². The van der Waals surface area contributed by atoms with E-state index in [1.54, 1.807) is 13.1 Å². The molecule has 0 bridgehead atoms. The van der Waals surface area contributed by atoms with Crippen molar-refractivity contribution in [1.82, 2.24) is 4.98 Å². The van der Waals surface area contributed by atoms with Crippen molar-refractivity contribution in [3.05, 3.63) is 11.6 Å². The lowest BCUT2D eigenvalue weighted by Gasteiger charge is -1.89. The molecular formula is C7H12N2O2S. The maximum Gasteiger partial charge on any atom is 0.302 e. The van der Waals surface area contributed by atoms with Gasteiger partial charge < -0.3 is 10.5 Å². The number of ether oxygens (including phenoxy) is 1. The highest BCUT2D eigenvalue weighted by atomic mass is 32.1. The zero-order valence-corrected chi connectivity index (χ0v) is 7.93. The van der Waals surface area contributed by atoms with Crippen LogP contribution in [0.3, 0.4) is 0 Å². The van der Waals surface area contributed by atoms with Gasteiger partial charge in [-0.25, -0.2) is 4.98 Å². The summed E-state index contributed by atoms with van der Waals surface area (Å²) < 4.78 is 4.40. The molecule has 0 aliphatic carbocycles. The largest absolute Gasteiger partial charge is 0.466 e. The van der Waals surface area contributed by atoms with Crippen LogP contribution < -0.4 is 5.73 Å². The fourth-order valence-electron chi connectivity index (χ4n) is 0.438. The molecule has 1 rings (SSSR count). The van der Waals surface area contributed by atoms with Crippen LogP contribution in [0.5, 0.6) is 0 Å². The summed E-state index contributed by atoms with van der Waals surface area (Å²) in [7, 11) is 0. The third-order valence-electron chi connectivity index (χ3n) is 0.799. The van der Waals surface area contributed by atoms with Gasteiger partial charge in [-0.2, -0.15) is 0 Å². The van der Waals surface area contributed by atoms with Crippen molar-refractivity contribution in [1.29, 1.82) is 0 Å². The Morgan fingerprint density at radius 2 is 2.50 bits per heavy atom. The van der Waals surface area contributed by atoms with E-state index in [9.17, 15) is 4.79 Å². The highest BCUT2D eigenvalue weighted by Gasteiger charge is 1.81. The molecular weight excluding hydrogens is 176 g/mol. The Bertz CT molecular complexity index is 211. The van der Waals surface area contributed by atoms with E-state index >= 15 is 0 Å². The van der Waals surface area contributed by atoms with E-state index in [0.29, 0.717) is 11.7 Å². The van der Waals surface area contributed by atoms with Gasteiger partial charge in [0.05, 0.1) is 6.61 Å². The molecule has 0 amide bonds. The van der Waals surface area contributed by atoms with E-state index in [-0.39, 0.29) is 5.97 Å². The average molecular weight is 188 g/mol. The van der Waals surface area contributed by atoms with Crippen LogP contribution >= 0.6 is 11.3 Å². The molecule has 0 aromatic carbocycles. The maximum absolute atomic E-state index is 9.82. The third-order valence-corrected chi connectivity index (χ3v) is 1.40. The molecule has 1 aromatic heterocycles. The number of carbonyl (C=O) groups is 1. The highest BCUT2D eigenvalue weighted by molar-refractivity contribution is 7.13. The Morgan fingerprint density at radius 3 is 2.58 bits per heavy atom. The number of nitrogen functional groups attached to an aromatic ring is 1. The lowest BCUT2D eigenvalue weighted by atomic mass is 10.8. The zero-order valence-electron chi connectivity index (χ0n) is 7.11. The van der Waals surface area contributed by atoms with Gasteiger partial charge in [0.1, 0.15) is 0 Å². The van der Waals surface area contributed by atoms with Gasteiger partial charge in [0, 0.05) is 18.5 Å². The number of aromatic nitrogens is 1. The average Bonchev–Trinajstić information content (AvgIpc) is 2.40. The molecule has 0 aliphatic heterocycles. The topological polar surface area (TPSA) is 65.2 Å². The minimum atomic E-state index is -0.211. The standard InChI is InChI=1S/C4H8O2.C3H4N2S/c1-3-6-4(2)5;4-3-5-1-2-6-3/h3H2,1-2H3;1-2H,(H2,4,5). The first-order valence-corrected chi connectivity index (χ1v) is 4.33. The van der Waals surface area contributed by atoms with E-state index in [1.807, 2.05) is 5.38 Å². The van der Waals surface area contributed by atoms with Gasteiger partial charge in [-0.05, 0) is 6.92 Å². The van der Waals surface area contributed by atoms with Gasteiger partial charge in [0.2, 0.25) is 0 Å². The van der Waals surface area contributed by atoms with E-state index < -0.39 is 0 Å². The summed E-state index contributed by atoms with van der Waals surface area (Å²) in [6.45, 7) is 3.65. The molecule has 0 radical (unpaired) electrons. The Balaban J connectivity index is 0.000000202. The van der Waals surface area contributed by atoms with E-state index in [1.165, 1.54) is 18.3 Å². The number of thiazole rings is 1. The van der Waals surface area contributed by atoms with Gasteiger partial charge in [-0.15, -0.1) is 11.3 Å². The summed E-state index contributed by atoms with van der Waals surface area (Å²) in [5.74, 6) is -0.211. The normalized spacial score (nSPS) is 8.17. The predicted molar refractivity (Wildman–Crippen MR) is 48.8 cm³/mol. The Labute approximate surface area is 75.4 Å². The highest BCUT2D eigenvalue weighted by Crippen LogP contribution is 2.02. The van der Waals surface area contributed by atoms with Gasteiger partial charge in [-0.3, -0.25) is 4.79 Å². The number of nitrogens with two attached hydrogens (primary N) is 1. The fraction of sp³-hybridized carbons (Fsp3) is 0.429. The monoisotopic (exact) mass is 188 g/mol. The lowest BCUT2D eigenvalue weighted by molar-refractivity contribution is -0.140. The van der Waals surface area contributed by atoms with E-state index in [0.717, 1.165) is 0 Å². The van der Waals surface area contributed by atoms with Crippen LogP contribution in [0.1, 0.15) is 13.8 Å². The number of hydrogen-bond donors (Lipinski definition) is 1. The second kappa shape index (κ2) is 6.60.